The van der Waals surface area contributed by atoms with Crippen molar-refractivity contribution in [1.82, 2.24) is 14.7 Å². The molecule has 1 fully saturated rings. The molecule has 0 radical (unpaired) electrons. The third-order valence-electron chi connectivity index (χ3n) is 4.60. The van der Waals surface area contributed by atoms with Crippen LogP contribution in [0.2, 0.25) is 0 Å². The molecule has 7 heteroatoms. The van der Waals surface area contributed by atoms with Crippen molar-refractivity contribution in [3.05, 3.63) is 17.5 Å². The molecular weight excluding hydrogens is 316 g/mol. The van der Waals surface area contributed by atoms with Crippen molar-refractivity contribution in [3.63, 3.8) is 0 Å². The summed E-state index contributed by atoms with van der Waals surface area (Å²) in [5, 5.41) is 4.24. The first-order valence-electron chi connectivity index (χ1n) is 8.71. The lowest BCUT2D eigenvalue weighted by Gasteiger charge is -2.31. The topological polar surface area (TPSA) is 47.4 Å². The first kappa shape index (κ1) is 18.8. The van der Waals surface area contributed by atoms with Crippen LogP contribution in [0.1, 0.15) is 48.7 Å². The second kappa shape index (κ2) is 9.11. The minimum Gasteiger partial charge on any atom is -0.462 e. The van der Waals surface area contributed by atoms with Crippen LogP contribution < -0.4 is 0 Å². The monoisotopic (exact) mass is 343 g/mol. The standard InChI is InChI=1S/C17H27F2N3O2/c1-3-4-7-22-13(2)15(10-20-22)17(23)24-12-14-5-8-21(9-6-14)11-16(18)19/h10,14,16H,3-9,11-12H2,1-2H3. The molecule has 1 saturated heterocycles. The fourth-order valence-electron chi connectivity index (χ4n) is 2.98. The summed E-state index contributed by atoms with van der Waals surface area (Å²) >= 11 is 0. The van der Waals surface area contributed by atoms with Gasteiger partial charge in [-0.1, -0.05) is 13.3 Å². The van der Waals surface area contributed by atoms with Gasteiger partial charge >= 0.3 is 5.97 Å². The van der Waals surface area contributed by atoms with Gasteiger partial charge in [0, 0.05) is 12.2 Å². The van der Waals surface area contributed by atoms with Gasteiger partial charge in [-0.15, -0.1) is 0 Å². The average molecular weight is 343 g/mol. The van der Waals surface area contributed by atoms with Crippen LogP contribution in [0.4, 0.5) is 8.78 Å². The fraction of sp³-hybridized carbons (Fsp3) is 0.765. The van der Waals surface area contributed by atoms with E-state index in [4.69, 9.17) is 4.74 Å². The number of alkyl halides is 2. The third-order valence-corrected chi connectivity index (χ3v) is 4.60. The maximum absolute atomic E-state index is 12.4. The van der Waals surface area contributed by atoms with Crippen molar-refractivity contribution >= 4 is 5.97 Å². The Kier molecular flexibility index (Phi) is 7.15. The van der Waals surface area contributed by atoms with E-state index in [2.05, 4.69) is 12.0 Å². The van der Waals surface area contributed by atoms with Crippen molar-refractivity contribution in [2.45, 2.75) is 52.5 Å². The van der Waals surface area contributed by atoms with Gasteiger partial charge in [-0.25, -0.2) is 13.6 Å². The largest absolute Gasteiger partial charge is 0.462 e. The summed E-state index contributed by atoms with van der Waals surface area (Å²) in [6.45, 7) is 6.26. The van der Waals surface area contributed by atoms with E-state index in [-0.39, 0.29) is 18.4 Å². The van der Waals surface area contributed by atoms with Gasteiger partial charge in [-0.3, -0.25) is 9.58 Å². The SMILES string of the molecule is CCCCn1ncc(C(=O)OCC2CCN(CC(F)F)CC2)c1C. The zero-order valence-corrected chi connectivity index (χ0v) is 14.5. The zero-order chi connectivity index (χ0) is 17.5. The highest BCUT2D eigenvalue weighted by Gasteiger charge is 2.23. The number of piperidine rings is 1. The summed E-state index contributed by atoms with van der Waals surface area (Å²) in [6.07, 6.45) is 2.95. The maximum Gasteiger partial charge on any atom is 0.341 e. The number of carbonyl (C=O) groups is 1. The van der Waals surface area contributed by atoms with Crippen LogP contribution in [-0.2, 0) is 11.3 Å². The average Bonchev–Trinajstić information content (AvgIpc) is 2.92. The molecule has 0 aliphatic carbocycles. The lowest BCUT2D eigenvalue weighted by Crippen LogP contribution is -2.38. The Morgan fingerprint density at radius 1 is 1.42 bits per heavy atom. The lowest BCUT2D eigenvalue weighted by molar-refractivity contribution is 0.0308. The van der Waals surface area contributed by atoms with Gasteiger partial charge < -0.3 is 4.74 Å². The molecule has 0 N–H and O–H groups in total. The predicted octanol–water partition coefficient (Wildman–Crippen LogP) is 3.13. The number of rotatable bonds is 8. The van der Waals surface area contributed by atoms with Crippen molar-refractivity contribution in [2.24, 2.45) is 5.92 Å². The Hall–Kier alpha value is -1.50. The van der Waals surface area contributed by atoms with Crippen molar-refractivity contribution in [3.8, 4) is 0 Å². The zero-order valence-electron chi connectivity index (χ0n) is 14.5. The smallest absolute Gasteiger partial charge is 0.341 e. The van der Waals surface area contributed by atoms with E-state index in [0.29, 0.717) is 25.3 Å². The van der Waals surface area contributed by atoms with Crippen LogP contribution >= 0.6 is 0 Å². The summed E-state index contributed by atoms with van der Waals surface area (Å²) in [6, 6.07) is 0. The number of hydrogen-bond donors (Lipinski definition) is 0. The molecule has 5 nitrogen and oxygen atoms in total. The van der Waals surface area contributed by atoms with Gasteiger partial charge in [0.2, 0.25) is 0 Å². The van der Waals surface area contributed by atoms with E-state index in [0.717, 1.165) is 37.9 Å². The van der Waals surface area contributed by atoms with Crippen LogP contribution in [0.5, 0.6) is 0 Å². The Labute approximate surface area is 142 Å². The van der Waals surface area contributed by atoms with E-state index >= 15 is 0 Å². The van der Waals surface area contributed by atoms with Crippen molar-refractivity contribution < 1.29 is 18.3 Å². The maximum atomic E-state index is 12.4. The molecule has 0 atom stereocenters. The van der Waals surface area contributed by atoms with Crippen LogP contribution in [0.15, 0.2) is 6.20 Å². The lowest BCUT2D eigenvalue weighted by atomic mass is 9.98. The molecule has 1 aliphatic rings. The number of likely N-dealkylation sites (tertiary alicyclic amines) is 1. The molecule has 24 heavy (non-hydrogen) atoms. The van der Waals surface area contributed by atoms with Crippen LogP contribution in [0.25, 0.3) is 0 Å². The van der Waals surface area contributed by atoms with E-state index in [1.807, 2.05) is 11.6 Å². The summed E-state index contributed by atoms with van der Waals surface area (Å²) in [7, 11) is 0. The summed E-state index contributed by atoms with van der Waals surface area (Å²) < 4.78 is 32.0. The van der Waals surface area contributed by atoms with E-state index in [1.54, 1.807) is 11.1 Å². The molecule has 1 aromatic heterocycles. The number of unbranched alkanes of at least 4 members (excludes halogenated alkanes) is 1. The van der Waals surface area contributed by atoms with Gasteiger partial charge in [-0.2, -0.15) is 5.10 Å². The van der Waals surface area contributed by atoms with E-state index in [1.165, 1.54) is 0 Å². The normalized spacial score (nSPS) is 16.7. The Bertz CT molecular complexity index is 526. The number of aryl methyl sites for hydroxylation is 1. The second-order valence-electron chi connectivity index (χ2n) is 6.45. The summed E-state index contributed by atoms with van der Waals surface area (Å²) in [5.41, 5.74) is 1.35. The van der Waals surface area contributed by atoms with Crippen LogP contribution in [0.3, 0.4) is 0 Å². The molecule has 136 valence electrons. The first-order chi connectivity index (χ1) is 11.5. The number of esters is 1. The molecule has 2 heterocycles. The van der Waals surface area contributed by atoms with E-state index < -0.39 is 6.43 Å². The number of hydrogen-bond acceptors (Lipinski definition) is 4. The quantitative estimate of drug-likeness (QED) is 0.681. The summed E-state index contributed by atoms with van der Waals surface area (Å²) in [5.74, 6) is -0.0939. The Morgan fingerprint density at radius 3 is 2.75 bits per heavy atom. The Morgan fingerprint density at radius 2 is 2.12 bits per heavy atom. The Balaban J connectivity index is 1.77. The first-order valence-corrected chi connectivity index (χ1v) is 8.71. The highest BCUT2D eigenvalue weighted by molar-refractivity contribution is 5.90. The molecule has 1 aliphatic heterocycles. The van der Waals surface area contributed by atoms with Gasteiger partial charge in [0.05, 0.1) is 19.3 Å². The molecule has 0 amide bonds. The van der Waals surface area contributed by atoms with Crippen LogP contribution in [-0.4, -0.2) is 53.3 Å². The molecule has 0 saturated carbocycles. The van der Waals surface area contributed by atoms with Gasteiger partial charge in [-0.05, 0) is 45.2 Å². The highest BCUT2D eigenvalue weighted by Crippen LogP contribution is 2.19. The third kappa shape index (κ3) is 5.26. The number of ether oxygens (including phenoxy) is 1. The van der Waals surface area contributed by atoms with Gasteiger partial charge in [0.25, 0.3) is 6.43 Å². The van der Waals surface area contributed by atoms with Gasteiger partial charge in [0.1, 0.15) is 5.56 Å². The van der Waals surface area contributed by atoms with Crippen molar-refractivity contribution in [2.75, 3.05) is 26.2 Å². The molecule has 0 aromatic carbocycles. The summed E-state index contributed by atoms with van der Waals surface area (Å²) in [4.78, 5) is 14.0. The van der Waals surface area contributed by atoms with Crippen molar-refractivity contribution in [1.29, 1.82) is 0 Å². The number of halogens is 2. The molecule has 1 aromatic rings. The fourth-order valence-corrected chi connectivity index (χ4v) is 2.98. The molecule has 0 unspecified atom stereocenters. The number of carbonyl (C=O) groups excluding carboxylic acids is 1. The highest BCUT2D eigenvalue weighted by atomic mass is 19.3. The number of aromatic nitrogens is 2. The number of nitrogens with zero attached hydrogens (tertiary/aromatic N) is 3. The molecule has 0 bridgehead atoms. The minimum atomic E-state index is -2.29. The predicted molar refractivity (Wildman–Crippen MR) is 87.3 cm³/mol. The second-order valence-corrected chi connectivity index (χ2v) is 6.45. The van der Waals surface area contributed by atoms with Crippen LogP contribution in [0, 0.1) is 12.8 Å². The molecule has 0 spiro atoms. The van der Waals surface area contributed by atoms with Gasteiger partial charge in [0.15, 0.2) is 0 Å². The molecule has 2 rings (SSSR count). The minimum absolute atomic E-state index is 0.164. The van der Waals surface area contributed by atoms with E-state index in [9.17, 15) is 13.6 Å². The molecular formula is C17H27F2N3O2.